The van der Waals surface area contributed by atoms with Gasteiger partial charge >= 0.3 is 0 Å². The maximum Gasteiger partial charge on any atom is 0.248 e. The number of benzene rings is 3. The second kappa shape index (κ2) is 15.2. The molecule has 0 spiro atoms. The number of carbonyl (C=O) groups excluding carboxylic acids is 1. The Morgan fingerprint density at radius 3 is 2.45 bits per heavy atom. The highest BCUT2D eigenvalue weighted by Gasteiger charge is 2.11. The minimum Gasteiger partial charge on any atom is -0.491 e. The van der Waals surface area contributed by atoms with Crippen molar-refractivity contribution in [2.24, 2.45) is 7.05 Å². The molecule has 1 atom stereocenters. The van der Waals surface area contributed by atoms with Gasteiger partial charge in [-0.2, -0.15) is 0 Å². The van der Waals surface area contributed by atoms with E-state index in [1.165, 1.54) is 12.1 Å². The molecule has 0 saturated carbocycles. The first-order chi connectivity index (χ1) is 20.3. The molecule has 1 aromatic heterocycles. The van der Waals surface area contributed by atoms with Crippen molar-refractivity contribution in [1.29, 1.82) is 0 Å². The fourth-order valence-electron chi connectivity index (χ4n) is 4.20. The van der Waals surface area contributed by atoms with Crippen LogP contribution in [0.3, 0.4) is 0 Å². The molecular formula is C33H36FN3O4S. The topological polar surface area (TPSA) is 82.4 Å². The van der Waals surface area contributed by atoms with E-state index in [-0.39, 0.29) is 5.91 Å². The van der Waals surface area contributed by atoms with Crippen molar-refractivity contribution in [3.63, 3.8) is 0 Å². The Hall–Kier alpha value is -4.08. The maximum atomic E-state index is 14.8. The van der Waals surface area contributed by atoms with E-state index in [0.717, 1.165) is 42.0 Å². The molecular weight excluding hydrogens is 553 g/mol. The van der Waals surface area contributed by atoms with Gasteiger partial charge in [-0.3, -0.25) is 9.00 Å². The summed E-state index contributed by atoms with van der Waals surface area (Å²) in [5.74, 6) is 0.284. The van der Waals surface area contributed by atoms with E-state index in [1.807, 2.05) is 35.9 Å². The monoisotopic (exact) mass is 589 g/mol. The van der Waals surface area contributed by atoms with Gasteiger partial charge in [0.1, 0.15) is 18.2 Å². The standard InChI is InChI=1S/C33H36FN3O4S/c1-4-5-16-40-17-18-41-29-11-6-25(7-12-29)26-8-15-32(34)31(20-26)24(2)19-33(38)36-27-9-13-30(14-10-27)42(39)22-28-21-35-23-37(28)3/h6-15,19-21,23H,4-5,16-18,22H2,1-3H3,(H,36,38)/b24-19+/t42-/m0/s1. The lowest BCUT2D eigenvalue weighted by Crippen LogP contribution is -2.09. The molecule has 0 radical (unpaired) electrons. The predicted molar refractivity (Wildman–Crippen MR) is 165 cm³/mol. The summed E-state index contributed by atoms with van der Waals surface area (Å²) in [4.78, 5) is 17.4. The Morgan fingerprint density at radius 2 is 1.76 bits per heavy atom. The fraction of sp³-hybridized carbons (Fsp3) is 0.273. The van der Waals surface area contributed by atoms with Crippen molar-refractivity contribution >= 4 is 28.0 Å². The number of hydrogen-bond acceptors (Lipinski definition) is 5. The van der Waals surface area contributed by atoms with Gasteiger partial charge in [-0.1, -0.05) is 31.5 Å². The minimum absolute atomic E-state index is 0.341. The van der Waals surface area contributed by atoms with Crippen LogP contribution in [0.5, 0.6) is 5.75 Å². The van der Waals surface area contributed by atoms with E-state index in [0.29, 0.717) is 40.7 Å². The highest BCUT2D eigenvalue weighted by molar-refractivity contribution is 7.84. The SMILES string of the molecule is CCCCOCCOc1ccc(-c2ccc(F)c(/C(C)=C/C(=O)Nc3ccc([S@@](=O)Cc4cncn4C)cc3)c2)cc1. The Kier molecular flexibility index (Phi) is 11.2. The van der Waals surface area contributed by atoms with Crippen LogP contribution in [0.25, 0.3) is 16.7 Å². The van der Waals surface area contributed by atoms with Gasteiger partial charge in [0.25, 0.3) is 0 Å². The van der Waals surface area contributed by atoms with Crippen LogP contribution in [0.15, 0.2) is 90.2 Å². The molecule has 1 heterocycles. The van der Waals surface area contributed by atoms with Crippen LogP contribution in [-0.4, -0.2) is 39.5 Å². The molecule has 0 aliphatic heterocycles. The third-order valence-corrected chi connectivity index (χ3v) is 8.00. The minimum atomic E-state index is -1.24. The molecule has 0 aliphatic carbocycles. The number of anilines is 1. The molecule has 4 aromatic rings. The lowest BCUT2D eigenvalue weighted by molar-refractivity contribution is -0.111. The van der Waals surface area contributed by atoms with Crippen molar-refractivity contribution in [2.75, 3.05) is 25.1 Å². The molecule has 7 nitrogen and oxygen atoms in total. The first-order valence-electron chi connectivity index (χ1n) is 13.9. The molecule has 220 valence electrons. The molecule has 4 rings (SSSR count). The van der Waals surface area contributed by atoms with Gasteiger partial charge in [0, 0.05) is 47.8 Å². The Morgan fingerprint density at radius 1 is 1.02 bits per heavy atom. The summed E-state index contributed by atoms with van der Waals surface area (Å²) >= 11 is 0. The van der Waals surface area contributed by atoms with Gasteiger partial charge in [-0.05, 0) is 78.6 Å². The van der Waals surface area contributed by atoms with Crippen LogP contribution >= 0.6 is 0 Å². The van der Waals surface area contributed by atoms with Gasteiger partial charge in [-0.15, -0.1) is 0 Å². The number of imidazole rings is 1. The second-order valence-corrected chi connectivity index (χ2v) is 11.3. The summed E-state index contributed by atoms with van der Waals surface area (Å²) in [5.41, 5.74) is 3.98. The molecule has 0 aliphatic rings. The van der Waals surface area contributed by atoms with Crippen LogP contribution in [0.4, 0.5) is 10.1 Å². The largest absolute Gasteiger partial charge is 0.491 e. The van der Waals surface area contributed by atoms with Crippen molar-refractivity contribution in [1.82, 2.24) is 9.55 Å². The predicted octanol–water partition coefficient (Wildman–Crippen LogP) is 6.77. The quantitative estimate of drug-likeness (QED) is 0.130. The highest BCUT2D eigenvalue weighted by atomic mass is 32.2. The summed E-state index contributed by atoms with van der Waals surface area (Å²) in [6.07, 6.45) is 6.88. The van der Waals surface area contributed by atoms with Crippen molar-refractivity contribution in [2.45, 2.75) is 37.3 Å². The van der Waals surface area contributed by atoms with E-state index in [2.05, 4.69) is 17.2 Å². The van der Waals surface area contributed by atoms with E-state index in [4.69, 9.17) is 9.47 Å². The number of ether oxygens (including phenoxy) is 2. The smallest absolute Gasteiger partial charge is 0.248 e. The number of carbonyl (C=O) groups is 1. The van der Waals surface area contributed by atoms with Crippen LogP contribution in [0, 0.1) is 5.82 Å². The van der Waals surface area contributed by atoms with Crippen LogP contribution < -0.4 is 10.1 Å². The van der Waals surface area contributed by atoms with Crippen LogP contribution in [0.1, 0.15) is 37.9 Å². The molecule has 0 bridgehead atoms. The molecule has 0 unspecified atom stereocenters. The summed E-state index contributed by atoms with van der Waals surface area (Å²) in [5, 5.41) is 2.79. The number of nitrogens with one attached hydrogen (secondary N) is 1. The van der Waals surface area contributed by atoms with E-state index < -0.39 is 16.6 Å². The van der Waals surface area contributed by atoms with Crippen LogP contribution in [0.2, 0.25) is 0 Å². The molecule has 0 saturated heterocycles. The average molecular weight is 590 g/mol. The number of amides is 1. The van der Waals surface area contributed by atoms with E-state index in [9.17, 15) is 13.4 Å². The molecule has 0 fully saturated rings. The summed E-state index contributed by atoms with van der Waals surface area (Å²) in [7, 11) is 0.615. The first kappa shape index (κ1) is 30.9. The number of aryl methyl sites for hydroxylation is 1. The number of rotatable bonds is 14. The average Bonchev–Trinajstić information content (AvgIpc) is 3.39. The Bertz CT molecular complexity index is 1530. The van der Waals surface area contributed by atoms with Gasteiger partial charge in [0.05, 0.1) is 29.5 Å². The third kappa shape index (κ3) is 8.71. The number of allylic oxidation sites excluding steroid dienone is 1. The molecule has 3 aromatic carbocycles. The lowest BCUT2D eigenvalue weighted by Gasteiger charge is -2.10. The van der Waals surface area contributed by atoms with Gasteiger partial charge in [-0.25, -0.2) is 9.37 Å². The zero-order valence-electron chi connectivity index (χ0n) is 24.1. The highest BCUT2D eigenvalue weighted by Crippen LogP contribution is 2.28. The zero-order chi connectivity index (χ0) is 29.9. The second-order valence-electron chi connectivity index (χ2n) is 9.86. The number of unbranched alkanes of at least 4 members (excludes halogenated alkanes) is 1. The lowest BCUT2D eigenvalue weighted by atomic mass is 9.99. The fourth-order valence-corrected chi connectivity index (χ4v) is 5.35. The van der Waals surface area contributed by atoms with E-state index in [1.54, 1.807) is 55.8 Å². The third-order valence-electron chi connectivity index (χ3n) is 6.65. The summed E-state index contributed by atoms with van der Waals surface area (Å²) < 4.78 is 40.5. The van der Waals surface area contributed by atoms with Gasteiger partial charge < -0.3 is 19.4 Å². The summed E-state index contributed by atoms with van der Waals surface area (Å²) in [6, 6.07) is 19.3. The number of halogens is 1. The van der Waals surface area contributed by atoms with E-state index >= 15 is 0 Å². The Labute approximate surface area is 248 Å². The maximum absolute atomic E-state index is 14.8. The normalized spacial score (nSPS) is 12.2. The number of nitrogens with zero attached hydrogens (tertiary/aromatic N) is 2. The van der Waals surface area contributed by atoms with Crippen LogP contribution in [-0.2, 0) is 33.1 Å². The number of hydrogen-bond donors (Lipinski definition) is 1. The summed E-state index contributed by atoms with van der Waals surface area (Å²) in [6.45, 7) is 5.59. The molecule has 1 amide bonds. The Balaban J connectivity index is 1.35. The molecule has 9 heteroatoms. The first-order valence-corrected chi connectivity index (χ1v) is 15.2. The van der Waals surface area contributed by atoms with Gasteiger partial charge in [0.15, 0.2) is 0 Å². The zero-order valence-corrected chi connectivity index (χ0v) is 25.0. The van der Waals surface area contributed by atoms with Crippen molar-refractivity contribution < 1.29 is 22.9 Å². The van der Waals surface area contributed by atoms with Gasteiger partial charge in [0.2, 0.25) is 5.91 Å². The molecule has 1 N–H and O–H groups in total. The molecule has 42 heavy (non-hydrogen) atoms. The van der Waals surface area contributed by atoms with Crippen molar-refractivity contribution in [3.8, 4) is 16.9 Å². The number of aromatic nitrogens is 2. The van der Waals surface area contributed by atoms with Crippen molar-refractivity contribution in [3.05, 3.63) is 102 Å².